The summed E-state index contributed by atoms with van der Waals surface area (Å²) >= 11 is 0. The van der Waals surface area contributed by atoms with Crippen molar-refractivity contribution in [2.45, 2.75) is 31.3 Å². The first-order valence-corrected chi connectivity index (χ1v) is 3.87. The van der Waals surface area contributed by atoms with Gasteiger partial charge < -0.3 is 24.8 Å². The summed E-state index contributed by atoms with van der Waals surface area (Å²) in [5.74, 6) is 0. The molecule has 1 aliphatic heterocycles. The van der Waals surface area contributed by atoms with E-state index in [4.69, 9.17) is 14.6 Å². The average molecular weight is 178 g/mol. The first-order valence-electron chi connectivity index (χ1n) is 3.87. The Morgan fingerprint density at radius 2 is 1.92 bits per heavy atom. The normalized spacial score (nSPS) is 44.0. The highest BCUT2D eigenvalue weighted by atomic mass is 16.7. The average Bonchev–Trinajstić information content (AvgIpc) is 2.19. The molecule has 0 unspecified atom stereocenters. The van der Waals surface area contributed by atoms with Crippen molar-refractivity contribution in [3.8, 4) is 0 Å². The Hall–Kier alpha value is -0.200. The SMILES string of the molecule is C[C@H]1OCO[C@@H](CO)[C@@H](O)[C@@H]1O. The van der Waals surface area contributed by atoms with E-state index in [-0.39, 0.29) is 13.4 Å². The Balaban J connectivity index is 2.59. The van der Waals surface area contributed by atoms with Crippen LogP contribution in [0.5, 0.6) is 0 Å². The number of hydrogen-bond donors (Lipinski definition) is 3. The fourth-order valence-corrected chi connectivity index (χ4v) is 1.09. The standard InChI is InChI=1S/C7H14O5/c1-4-6(9)7(10)5(2-8)12-3-11-4/h4-10H,2-3H2,1H3/t4-,5+,6-,7-/m1/s1. The molecule has 0 saturated carbocycles. The van der Waals surface area contributed by atoms with Gasteiger partial charge in [0.1, 0.15) is 25.1 Å². The van der Waals surface area contributed by atoms with Crippen LogP contribution in [0.2, 0.25) is 0 Å². The predicted octanol–water partition coefficient (Wildman–Crippen LogP) is -1.54. The van der Waals surface area contributed by atoms with Crippen LogP contribution in [0.15, 0.2) is 0 Å². The van der Waals surface area contributed by atoms with E-state index in [9.17, 15) is 10.2 Å². The van der Waals surface area contributed by atoms with Crippen molar-refractivity contribution in [3.05, 3.63) is 0 Å². The summed E-state index contributed by atoms with van der Waals surface area (Å²) < 4.78 is 9.90. The molecule has 72 valence electrons. The molecule has 1 saturated heterocycles. The molecule has 3 N–H and O–H groups in total. The van der Waals surface area contributed by atoms with Crippen LogP contribution in [-0.4, -0.2) is 53.1 Å². The first kappa shape index (κ1) is 9.88. The van der Waals surface area contributed by atoms with Crippen LogP contribution in [0.4, 0.5) is 0 Å². The maximum absolute atomic E-state index is 9.37. The zero-order chi connectivity index (χ0) is 9.14. The summed E-state index contributed by atoms with van der Waals surface area (Å²) in [6, 6.07) is 0. The minimum absolute atomic E-state index is 0.0134. The van der Waals surface area contributed by atoms with Crippen molar-refractivity contribution < 1.29 is 24.8 Å². The molecule has 1 rings (SSSR count). The molecule has 0 amide bonds. The van der Waals surface area contributed by atoms with Crippen LogP contribution < -0.4 is 0 Å². The Morgan fingerprint density at radius 3 is 2.50 bits per heavy atom. The molecule has 0 aromatic heterocycles. The minimum atomic E-state index is -1.09. The first-order chi connectivity index (χ1) is 5.66. The third-order valence-corrected chi connectivity index (χ3v) is 2.00. The van der Waals surface area contributed by atoms with Crippen LogP contribution in [-0.2, 0) is 9.47 Å². The second-order valence-corrected chi connectivity index (χ2v) is 2.86. The Labute approximate surface area is 70.5 Å². The van der Waals surface area contributed by atoms with Crippen LogP contribution in [0.25, 0.3) is 0 Å². The molecule has 1 aliphatic rings. The highest BCUT2D eigenvalue weighted by Crippen LogP contribution is 2.14. The number of aliphatic hydroxyl groups is 3. The van der Waals surface area contributed by atoms with Crippen LogP contribution in [0.3, 0.4) is 0 Å². The van der Waals surface area contributed by atoms with E-state index in [2.05, 4.69) is 0 Å². The Morgan fingerprint density at radius 1 is 1.25 bits per heavy atom. The van der Waals surface area contributed by atoms with Crippen LogP contribution in [0, 0.1) is 0 Å². The van der Waals surface area contributed by atoms with Crippen molar-refractivity contribution in [1.82, 2.24) is 0 Å². The van der Waals surface area contributed by atoms with E-state index >= 15 is 0 Å². The summed E-state index contributed by atoms with van der Waals surface area (Å²) in [4.78, 5) is 0. The fraction of sp³-hybridized carbons (Fsp3) is 1.00. The summed E-state index contributed by atoms with van der Waals surface area (Å²) in [6.07, 6.45) is -3.33. The van der Waals surface area contributed by atoms with E-state index in [1.807, 2.05) is 0 Å². The number of aliphatic hydroxyl groups excluding tert-OH is 3. The summed E-state index contributed by atoms with van der Waals surface area (Å²) in [7, 11) is 0. The molecule has 5 nitrogen and oxygen atoms in total. The monoisotopic (exact) mass is 178 g/mol. The van der Waals surface area contributed by atoms with Gasteiger partial charge in [0.25, 0.3) is 0 Å². The van der Waals surface area contributed by atoms with Crippen molar-refractivity contribution in [2.24, 2.45) is 0 Å². The number of ether oxygens (including phenoxy) is 2. The van der Waals surface area contributed by atoms with Crippen molar-refractivity contribution in [2.75, 3.05) is 13.4 Å². The molecule has 5 heteroatoms. The second kappa shape index (κ2) is 4.15. The van der Waals surface area contributed by atoms with Crippen molar-refractivity contribution in [1.29, 1.82) is 0 Å². The molecule has 0 radical (unpaired) electrons. The summed E-state index contributed by atoms with van der Waals surface area (Å²) in [5, 5.41) is 27.5. The molecule has 4 atom stereocenters. The second-order valence-electron chi connectivity index (χ2n) is 2.86. The largest absolute Gasteiger partial charge is 0.394 e. The molecule has 0 aliphatic carbocycles. The molecule has 0 aromatic rings. The number of hydrogen-bond acceptors (Lipinski definition) is 5. The van der Waals surface area contributed by atoms with Crippen molar-refractivity contribution in [3.63, 3.8) is 0 Å². The van der Waals surface area contributed by atoms with Gasteiger partial charge in [-0.1, -0.05) is 0 Å². The van der Waals surface area contributed by atoms with Gasteiger partial charge in [0.2, 0.25) is 0 Å². The van der Waals surface area contributed by atoms with Crippen molar-refractivity contribution >= 4 is 0 Å². The highest BCUT2D eigenvalue weighted by Gasteiger charge is 2.33. The van der Waals surface area contributed by atoms with Gasteiger partial charge in [0.05, 0.1) is 12.7 Å². The molecule has 12 heavy (non-hydrogen) atoms. The minimum Gasteiger partial charge on any atom is -0.394 e. The van der Waals surface area contributed by atoms with Gasteiger partial charge in [-0.3, -0.25) is 0 Å². The predicted molar refractivity (Wildman–Crippen MR) is 39.4 cm³/mol. The van der Waals surface area contributed by atoms with E-state index in [0.29, 0.717) is 0 Å². The van der Waals surface area contributed by atoms with Gasteiger partial charge in [-0.2, -0.15) is 0 Å². The van der Waals surface area contributed by atoms with Crippen LogP contribution >= 0.6 is 0 Å². The number of rotatable bonds is 1. The van der Waals surface area contributed by atoms with Gasteiger partial charge in [-0.25, -0.2) is 0 Å². The van der Waals surface area contributed by atoms with E-state index in [0.717, 1.165) is 0 Å². The van der Waals surface area contributed by atoms with Gasteiger partial charge in [-0.05, 0) is 6.92 Å². The van der Waals surface area contributed by atoms with E-state index < -0.39 is 24.4 Å². The Bertz CT molecular complexity index is 138. The highest BCUT2D eigenvalue weighted by molar-refractivity contribution is 4.81. The zero-order valence-electron chi connectivity index (χ0n) is 6.88. The fourth-order valence-electron chi connectivity index (χ4n) is 1.09. The topological polar surface area (TPSA) is 79.2 Å². The lowest BCUT2D eigenvalue weighted by Crippen LogP contribution is -2.43. The molecule has 0 aromatic carbocycles. The lowest BCUT2D eigenvalue weighted by Gasteiger charge is -2.22. The lowest BCUT2D eigenvalue weighted by atomic mass is 10.1. The zero-order valence-corrected chi connectivity index (χ0v) is 6.88. The molecule has 1 fully saturated rings. The molecule has 1 heterocycles. The molecular formula is C7H14O5. The van der Waals surface area contributed by atoms with E-state index in [1.165, 1.54) is 0 Å². The summed E-state index contributed by atoms with van der Waals surface area (Å²) in [6.45, 7) is 1.30. The van der Waals surface area contributed by atoms with Gasteiger partial charge in [-0.15, -0.1) is 0 Å². The third-order valence-electron chi connectivity index (χ3n) is 2.00. The van der Waals surface area contributed by atoms with Gasteiger partial charge >= 0.3 is 0 Å². The maximum atomic E-state index is 9.37. The maximum Gasteiger partial charge on any atom is 0.147 e. The third kappa shape index (κ3) is 1.94. The quantitative estimate of drug-likeness (QED) is 0.453. The van der Waals surface area contributed by atoms with Crippen LogP contribution in [0.1, 0.15) is 6.92 Å². The molecule has 0 bridgehead atoms. The molecular weight excluding hydrogens is 164 g/mol. The van der Waals surface area contributed by atoms with E-state index in [1.54, 1.807) is 6.92 Å². The summed E-state index contributed by atoms with van der Waals surface area (Å²) in [5.41, 5.74) is 0. The Kier molecular flexibility index (Phi) is 3.42. The lowest BCUT2D eigenvalue weighted by molar-refractivity contribution is -0.114. The molecule has 0 spiro atoms. The van der Waals surface area contributed by atoms with Gasteiger partial charge in [0, 0.05) is 0 Å². The van der Waals surface area contributed by atoms with Gasteiger partial charge in [0.15, 0.2) is 0 Å². The smallest absolute Gasteiger partial charge is 0.147 e.